The van der Waals surface area contributed by atoms with Crippen molar-refractivity contribution >= 4 is 15.8 Å². The Labute approximate surface area is 119 Å². The van der Waals surface area contributed by atoms with Gasteiger partial charge < -0.3 is 4.74 Å². The zero-order valence-electron chi connectivity index (χ0n) is 12.3. The van der Waals surface area contributed by atoms with Gasteiger partial charge in [0.05, 0.1) is 24.6 Å². The molecule has 0 bridgehead atoms. The van der Waals surface area contributed by atoms with E-state index < -0.39 is 15.8 Å². The first kappa shape index (κ1) is 16.6. The van der Waals surface area contributed by atoms with Gasteiger partial charge in [0, 0.05) is 5.75 Å². The molecule has 0 fully saturated rings. The van der Waals surface area contributed by atoms with Gasteiger partial charge in [-0.3, -0.25) is 0 Å². The van der Waals surface area contributed by atoms with E-state index in [1.165, 1.54) is 4.68 Å². The van der Waals surface area contributed by atoms with Crippen LogP contribution in [-0.4, -0.2) is 47.5 Å². The average Bonchev–Trinajstić information content (AvgIpc) is 2.75. The Morgan fingerprint density at radius 2 is 2.05 bits per heavy atom. The molecule has 114 valence electrons. The van der Waals surface area contributed by atoms with Crippen molar-refractivity contribution in [1.82, 2.24) is 15.0 Å². The van der Waals surface area contributed by atoms with Gasteiger partial charge in [-0.15, -0.1) is 5.10 Å². The van der Waals surface area contributed by atoms with Gasteiger partial charge in [0.2, 0.25) is 0 Å². The molecule has 7 nitrogen and oxygen atoms in total. The van der Waals surface area contributed by atoms with Crippen molar-refractivity contribution in [2.24, 2.45) is 5.92 Å². The summed E-state index contributed by atoms with van der Waals surface area (Å²) in [5, 5.41) is 7.57. The molecule has 0 saturated carbocycles. The quantitative estimate of drug-likeness (QED) is 0.693. The van der Waals surface area contributed by atoms with Crippen LogP contribution in [0, 0.1) is 12.8 Å². The Kier molecular flexibility index (Phi) is 5.67. The first-order valence-electron chi connectivity index (χ1n) is 6.54. The maximum atomic E-state index is 11.8. The van der Waals surface area contributed by atoms with Gasteiger partial charge in [-0.2, -0.15) is 0 Å². The molecular formula is C12H21N3O4S. The van der Waals surface area contributed by atoms with Crippen molar-refractivity contribution in [3.8, 4) is 0 Å². The summed E-state index contributed by atoms with van der Waals surface area (Å²) in [7, 11) is -3.07. The van der Waals surface area contributed by atoms with Crippen LogP contribution in [0.15, 0.2) is 0 Å². The smallest absolute Gasteiger partial charge is 0.360 e. The SMILES string of the molecule is CCS(=O)(=O)CCn1nnc(C(=O)OCC(C)C)c1C. The normalized spacial score (nSPS) is 11.8. The second kappa shape index (κ2) is 6.83. The summed E-state index contributed by atoms with van der Waals surface area (Å²) in [5.41, 5.74) is 0.657. The van der Waals surface area contributed by atoms with Crippen molar-refractivity contribution in [3.05, 3.63) is 11.4 Å². The fourth-order valence-corrected chi connectivity index (χ4v) is 2.18. The first-order valence-corrected chi connectivity index (χ1v) is 8.36. The van der Waals surface area contributed by atoms with Crippen LogP contribution in [0.3, 0.4) is 0 Å². The first-order chi connectivity index (χ1) is 9.26. The molecule has 1 heterocycles. The lowest BCUT2D eigenvalue weighted by atomic mass is 10.2. The van der Waals surface area contributed by atoms with Crippen molar-refractivity contribution in [3.63, 3.8) is 0 Å². The highest BCUT2D eigenvalue weighted by Crippen LogP contribution is 2.07. The lowest BCUT2D eigenvalue weighted by Crippen LogP contribution is -2.17. The Morgan fingerprint density at radius 3 is 2.60 bits per heavy atom. The number of carbonyl (C=O) groups is 1. The van der Waals surface area contributed by atoms with Gasteiger partial charge in [0.1, 0.15) is 0 Å². The van der Waals surface area contributed by atoms with E-state index in [1.54, 1.807) is 13.8 Å². The lowest BCUT2D eigenvalue weighted by molar-refractivity contribution is 0.0451. The molecule has 0 atom stereocenters. The Hall–Kier alpha value is -1.44. The molecule has 0 spiro atoms. The third kappa shape index (κ3) is 4.59. The summed E-state index contributed by atoms with van der Waals surface area (Å²) < 4.78 is 29.4. The largest absolute Gasteiger partial charge is 0.461 e. The van der Waals surface area contributed by atoms with Gasteiger partial charge in [-0.05, 0) is 12.8 Å². The van der Waals surface area contributed by atoms with Crippen molar-refractivity contribution in [2.45, 2.75) is 34.2 Å². The highest BCUT2D eigenvalue weighted by molar-refractivity contribution is 7.91. The predicted molar refractivity (Wildman–Crippen MR) is 74.2 cm³/mol. The molecule has 0 aromatic carbocycles. The molecule has 1 aromatic rings. The van der Waals surface area contributed by atoms with Crippen LogP contribution < -0.4 is 0 Å². The number of rotatable bonds is 7. The zero-order chi connectivity index (χ0) is 15.3. The fourth-order valence-electron chi connectivity index (χ4n) is 1.44. The van der Waals surface area contributed by atoms with E-state index in [9.17, 15) is 13.2 Å². The highest BCUT2D eigenvalue weighted by Gasteiger charge is 2.19. The number of hydrogen-bond donors (Lipinski definition) is 0. The number of aromatic nitrogens is 3. The lowest BCUT2D eigenvalue weighted by Gasteiger charge is -2.06. The molecule has 1 aromatic heterocycles. The topological polar surface area (TPSA) is 91.1 Å². The number of nitrogens with zero attached hydrogens (tertiary/aromatic N) is 3. The molecule has 0 amide bonds. The predicted octanol–water partition coefficient (Wildman–Crippen LogP) is 0.834. The van der Waals surface area contributed by atoms with Gasteiger partial charge in [0.25, 0.3) is 0 Å². The maximum Gasteiger partial charge on any atom is 0.360 e. The van der Waals surface area contributed by atoms with Crippen LogP contribution >= 0.6 is 0 Å². The molecule has 8 heteroatoms. The molecule has 1 rings (SSSR count). The van der Waals surface area contributed by atoms with Crippen molar-refractivity contribution in [2.75, 3.05) is 18.1 Å². The van der Waals surface area contributed by atoms with E-state index in [-0.39, 0.29) is 29.7 Å². The Bertz CT molecular complexity index is 563. The Morgan fingerprint density at radius 1 is 1.40 bits per heavy atom. The number of sulfone groups is 1. The minimum atomic E-state index is -3.07. The molecule has 0 N–H and O–H groups in total. The van der Waals surface area contributed by atoms with Crippen LogP contribution in [0.5, 0.6) is 0 Å². The molecule has 0 unspecified atom stereocenters. The van der Waals surface area contributed by atoms with Gasteiger partial charge >= 0.3 is 5.97 Å². The summed E-state index contributed by atoms with van der Waals surface area (Å²) in [6.45, 7) is 7.64. The molecular weight excluding hydrogens is 282 g/mol. The van der Waals surface area contributed by atoms with E-state index in [2.05, 4.69) is 10.3 Å². The van der Waals surface area contributed by atoms with Crippen LogP contribution in [-0.2, 0) is 21.1 Å². The molecule has 0 aliphatic heterocycles. The Balaban J connectivity index is 2.72. The maximum absolute atomic E-state index is 11.8. The summed E-state index contributed by atoms with van der Waals surface area (Å²) >= 11 is 0. The number of esters is 1. The number of aryl methyl sites for hydroxylation is 1. The summed E-state index contributed by atoms with van der Waals surface area (Å²) in [4.78, 5) is 11.8. The van der Waals surface area contributed by atoms with Crippen molar-refractivity contribution < 1.29 is 17.9 Å². The van der Waals surface area contributed by atoms with Gasteiger partial charge in [0.15, 0.2) is 15.5 Å². The van der Waals surface area contributed by atoms with Crippen LogP contribution in [0.1, 0.15) is 37.0 Å². The van der Waals surface area contributed by atoms with Gasteiger partial charge in [-0.25, -0.2) is 17.9 Å². The van der Waals surface area contributed by atoms with E-state index in [0.29, 0.717) is 12.3 Å². The fraction of sp³-hybridized carbons (Fsp3) is 0.750. The zero-order valence-corrected chi connectivity index (χ0v) is 13.1. The number of carbonyl (C=O) groups excluding carboxylic acids is 1. The monoisotopic (exact) mass is 303 g/mol. The van der Waals surface area contributed by atoms with Gasteiger partial charge in [-0.1, -0.05) is 26.0 Å². The van der Waals surface area contributed by atoms with E-state index in [1.807, 2.05) is 13.8 Å². The van der Waals surface area contributed by atoms with E-state index >= 15 is 0 Å². The minimum absolute atomic E-state index is 0.0197. The number of hydrogen-bond acceptors (Lipinski definition) is 6. The highest BCUT2D eigenvalue weighted by atomic mass is 32.2. The molecule has 20 heavy (non-hydrogen) atoms. The minimum Gasteiger partial charge on any atom is -0.461 e. The molecule has 0 aliphatic rings. The number of ether oxygens (including phenoxy) is 1. The summed E-state index contributed by atoms with van der Waals surface area (Å²) in [6.07, 6.45) is 0. The third-order valence-electron chi connectivity index (χ3n) is 2.78. The summed E-state index contributed by atoms with van der Waals surface area (Å²) in [6, 6.07) is 0. The second-order valence-electron chi connectivity index (χ2n) is 4.98. The second-order valence-corrected chi connectivity index (χ2v) is 7.45. The molecule has 0 saturated heterocycles. The van der Waals surface area contributed by atoms with Crippen molar-refractivity contribution in [1.29, 1.82) is 0 Å². The summed E-state index contributed by atoms with van der Waals surface area (Å²) in [5.74, 6) is -0.220. The van der Waals surface area contributed by atoms with Crippen LogP contribution in [0.25, 0.3) is 0 Å². The standard InChI is InChI=1S/C12H21N3O4S/c1-5-20(17,18)7-6-15-10(4)11(13-14-15)12(16)19-8-9(2)3/h9H,5-8H2,1-4H3. The average molecular weight is 303 g/mol. The van der Waals surface area contributed by atoms with E-state index in [0.717, 1.165) is 0 Å². The van der Waals surface area contributed by atoms with E-state index in [4.69, 9.17) is 4.74 Å². The molecule has 0 aliphatic carbocycles. The molecule has 0 radical (unpaired) electrons. The van der Waals surface area contributed by atoms with Crippen LogP contribution in [0.4, 0.5) is 0 Å². The third-order valence-corrected chi connectivity index (χ3v) is 4.46. The van der Waals surface area contributed by atoms with Crippen LogP contribution in [0.2, 0.25) is 0 Å².